The molecule has 0 bridgehead atoms. The van der Waals surface area contributed by atoms with Gasteiger partial charge in [-0.2, -0.15) is 0 Å². The van der Waals surface area contributed by atoms with Crippen LogP contribution >= 0.6 is 0 Å². The van der Waals surface area contributed by atoms with Crippen molar-refractivity contribution in [2.45, 2.75) is 64.3 Å². The molecular weight excluding hydrogens is 224 g/mol. The molecule has 3 nitrogen and oxygen atoms in total. The number of nitrogens with zero attached hydrogens (tertiary/aromatic N) is 1. The smallest absolute Gasteiger partial charge is 0.239 e. The van der Waals surface area contributed by atoms with E-state index in [0.29, 0.717) is 5.91 Å². The Hall–Kier alpha value is -0.570. The van der Waals surface area contributed by atoms with Crippen LogP contribution in [-0.2, 0) is 4.79 Å². The maximum absolute atomic E-state index is 12.2. The summed E-state index contributed by atoms with van der Waals surface area (Å²) in [7, 11) is 0. The lowest BCUT2D eigenvalue weighted by molar-refractivity contribution is -0.136. The fourth-order valence-corrected chi connectivity index (χ4v) is 3.47. The predicted molar refractivity (Wildman–Crippen MR) is 74.5 cm³/mol. The molecular formula is C15H28N2O. The van der Waals surface area contributed by atoms with E-state index in [4.69, 9.17) is 0 Å². The molecule has 1 amide bonds. The van der Waals surface area contributed by atoms with E-state index in [-0.39, 0.29) is 6.04 Å². The molecule has 0 aromatic heterocycles. The van der Waals surface area contributed by atoms with Crippen molar-refractivity contribution in [1.82, 2.24) is 10.2 Å². The Morgan fingerprint density at radius 3 is 2.72 bits per heavy atom. The quantitative estimate of drug-likeness (QED) is 0.788. The van der Waals surface area contributed by atoms with Gasteiger partial charge in [0, 0.05) is 13.1 Å². The Labute approximate surface area is 111 Å². The highest BCUT2D eigenvalue weighted by Gasteiger charge is 2.27. The van der Waals surface area contributed by atoms with Gasteiger partial charge in [0.1, 0.15) is 0 Å². The molecule has 2 fully saturated rings. The van der Waals surface area contributed by atoms with Crippen LogP contribution in [0, 0.1) is 5.92 Å². The standard InChI is InChI=1S/C15H28N2O/c1-2-16-14-10-6-12-17(15(14)18)11-5-9-13-7-3-4-8-13/h13-14,16H,2-12H2,1H3. The summed E-state index contributed by atoms with van der Waals surface area (Å²) in [6.45, 7) is 4.93. The topological polar surface area (TPSA) is 32.3 Å². The fourth-order valence-electron chi connectivity index (χ4n) is 3.47. The minimum atomic E-state index is 0.0928. The van der Waals surface area contributed by atoms with Crippen molar-refractivity contribution < 1.29 is 4.79 Å². The SMILES string of the molecule is CCNC1CCCN(CCCC2CCCC2)C1=O. The number of likely N-dealkylation sites (tertiary alicyclic amines) is 1. The van der Waals surface area contributed by atoms with Crippen LogP contribution < -0.4 is 5.32 Å². The van der Waals surface area contributed by atoms with Crippen LogP contribution in [-0.4, -0.2) is 36.5 Å². The Balaban J connectivity index is 1.69. The molecule has 0 radical (unpaired) electrons. The normalized spacial score (nSPS) is 25.9. The van der Waals surface area contributed by atoms with Crippen LogP contribution in [0.15, 0.2) is 0 Å². The molecule has 3 heteroatoms. The van der Waals surface area contributed by atoms with Crippen LogP contribution in [0.2, 0.25) is 0 Å². The Kier molecular flexibility index (Phi) is 5.48. The van der Waals surface area contributed by atoms with Gasteiger partial charge < -0.3 is 10.2 Å². The number of hydrogen-bond donors (Lipinski definition) is 1. The van der Waals surface area contributed by atoms with Gasteiger partial charge in [0.05, 0.1) is 6.04 Å². The zero-order chi connectivity index (χ0) is 12.8. The molecule has 1 heterocycles. The molecule has 1 aliphatic carbocycles. The highest BCUT2D eigenvalue weighted by Crippen LogP contribution is 2.28. The van der Waals surface area contributed by atoms with Gasteiger partial charge in [-0.3, -0.25) is 4.79 Å². The van der Waals surface area contributed by atoms with Crippen molar-refractivity contribution >= 4 is 5.91 Å². The average molecular weight is 252 g/mol. The number of carbonyl (C=O) groups is 1. The number of rotatable bonds is 6. The van der Waals surface area contributed by atoms with Crippen LogP contribution in [0.4, 0.5) is 0 Å². The van der Waals surface area contributed by atoms with Gasteiger partial charge in [-0.1, -0.05) is 32.6 Å². The Morgan fingerprint density at radius 1 is 1.22 bits per heavy atom. The summed E-state index contributed by atoms with van der Waals surface area (Å²) in [5, 5.41) is 3.30. The van der Waals surface area contributed by atoms with E-state index in [1.54, 1.807) is 0 Å². The van der Waals surface area contributed by atoms with E-state index in [2.05, 4.69) is 17.1 Å². The minimum absolute atomic E-state index is 0.0928. The number of hydrogen-bond acceptors (Lipinski definition) is 2. The molecule has 1 aliphatic heterocycles. The number of nitrogens with one attached hydrogen (secondary N) is 1. The second-order valence-electron chi connectivity index (χ2n) is 5.87. The van der Waals surface area contributed by atoms with E-state index in [1.165, 1.54) is 38.5 Å². The summed E-state index contributed by atoms with van der Waals surface area (Å²) >= 11 is 0. The molecule has 1 atom stereocenters. The summed E-state index contributed by atoms with van der Waals surface area (Å²) in [5.74, 6) is 1.30. The number of carbonyl (C=O) groups excluding carboxylic acids is 1. The van der Waals surface area contributed by atoms with Crippen molar-refractivity contribution in [3.05, 3.63) is 0 Å². The van der Waals surface area contributed by atoms with Gasteiger partial charge in [0.2, 0.25) is 5.91 Å². The second-order valence-corrected chi connectivity index (χ2v) is 5.87. The average Bonchev–Trinajstić information content (AvgIpc) is 2.87. The number of amides is 1. The Morgan fingerprint density at radius 2 is 2.00 bits per heavy atom. The maximum Gasteiger partial charge on any atom is 0.239 e. The summed E-state index contributed by atoms with van der Waals surface area (Å²) < 4.78 is 0. The number of likely N-dealkylation sites (N-methyl/N-ethyl adjacent to an activating group) is 1. The van der Waals surface area contributed by atoms with Crippen molar-refractivity contribution in [2.24, 2.45) is 5.92 Å². The van der Waals surface area contributed by atoms with Gasteiger partial charge in [-0.25, -0.2) is 0 Å². The maximum atomic E-state index is 12.2. The van der Waals surface area contributed by atoms with Crippen molar-refractivity contribution in [3.63, 3.8) is 0 Å². The van der Waals surface area contributed by atoms with Crippen molar-refractivity contribution in [2.75, 3.05) is 19.6 Å². The van der Waals surface area contributed by atoms with Gasteiger partial charge in [0.25, 0.3) is 0 Å². The third-order valence-corrected chi connectivity index (χ3v) is 4.50. The summed E-state index contributed by atoms with van der Waals surface area (Å²) in [6.07, 6.45) is 10.4. The first kappa shape index (κ1) is 13.9. The summed E-state index contributed by atoms with van der Waals surface area (Å²) in [6, 6.07) is 0.0928. The van der Waals surface area contributed by atoms with Crippen LogP contribution in [0.5, 0.6) is 0 Å². The third kappa shape index (κ3) is 3.71. The fraction of sp³-hybridized carbons (Fsp3) is 0.933. The second kappa shape index (κ2) is 7.13. The first-order valence-electron chi connectivity index (χ1n) is 7.83. The van der Waals surface area contributed by atoms with Crippen LogP contribution in [0.25, 0.3) is 0 Å². The van der Waals surface area contributed by atoms with Gasteiger partial charge in [0.15, 0.2) is 0 Å². The third-order valence-electron chi connectivity index (χ3n) is 4.50. The molecule has 0 spiro atoms. The lowest BCUT2D eigenvalue weighted by Gasteiger charge is -2.32. The summed E-state index contributed by atoms with van der Waals surface area (Å²) in [4.78, 5) is 14.3. The van der Waals surface area contributed by atoms with Crippen LogP contribution in [0.1, 0.15) is 58.3 Å². The number of piperidine rings is 1. The first-order chi connectivity index (χ1) is 8.81. The monoisotopic (exact) mass is 252 g/mol. The lowest BCUT2D eigenvalue weighted by atomic mass is 10.0. The van der Waals surface area contributed by atoms with E-state index < -0.39 is 0 Å². The summed E-state index contributed by atoms with van der Waals surface area (Å²) in [5.41, 5.74) is 0. The highest BCUT2D eigenvalue weighted by molar-refractivity contribution is 5.82. The molecule has 2 aliphatic rings. The van der Waals surface area contributed by atoms with E-state index >= 15 is 0 Å². The van der Waals surface area contributed by atoms with E-state index in [0.717, 1.165) is 38.4 Å². The van der Waals surface area contributed by atoms with Crippen molar-refractivity contribution in [1.29, 1.82) is 0 Å². The molecule has 2 rings (SSSR count). The lowest BCUT2D eigenvalue weighted by Crippen LogP contribution is -2.50. The molecule has 0 aromatic carbocycles. The zero-order valence-corrected chi connectivity index (χ0v) is 11.8. The Bertz CT molecular complexity index is 259. The van der Waals surface area contributed by atoms with E-state index in [9.17, 15) is 4.79 Å². The van der Waals surface area contributed by atoms with Gasteiger partial charge in [-0.05, 0) is 38.1 Å². The zero-order valence-electron chi connectivity index (χ0n) is 11.8. The molecule has 1 saturated heterocycles. The molecule has 18 heavy (non-hydrogen) atoms. The molecule has 0 aromatic rings. The van der Waals surface area contributed by atoms with Crippen molar-refractivity contribution in [3.8, 4) is 0 Å². The van der Waals surface area contributed by atoms with Gasteiger partial charge >= 0.3 is 0 Å². The molecule has 1 N–H and O–H groups in total. The largest absolute Gasteiger partial charge is 0.341 e. The van der Waals surface area contributed by atoms with Crippen LogP contribution in [0.3, 0.4) is 0 Å². The minimum Gasteiger partial charge on any atom is -0.341 e. The molecule has 1 unspecified atom stereocenters. The molecule has 104 valence electrons. The highest BCUT2D eigenvalue weighted by atomic mass is 16.2. The predicted octanol–water partition coefficient (Wildman–Crippen LogP) is 2.56. The molecule has 1 saturated carbocycles. The first-order valence-corrected chi connectivity index (χ1v) is 7.83. The van der Waals surface area contributed by atoms with Gasteiger partial charge in [-0.15, -0.1) is 0 Å². The van der Waals surface area contributed by atoms with E-state index in [1.807, 2.05) is 0 Å².